The number of ether oxygens (including phenoxy) is 1. The number of alkyl halides is 3. The summed E-state index contributed by atoms with van der Waals surface area (Å²) in [6, 6.07) is 7.59. The third kappa shape index (κ3) is 3.54. The molecular weight excluding hydrogens is 337 g/mol. The average Bonchev–Trinajstić information content (AvgIpc) is 3.04. The number of methoxy groups -OCH3 is 1. The van der Waals surface area contributed by atoms with E-state index in [0.29, 0.717) is 22.3 Å². The van der Waals surface area contributed by atoms with Gasteiger partial charge in [-0.1, -0.05) is 0 Å². The second-order valence-corrected chi connectivity index (χ2v) is 5.16. The summed E-state index contributed by atoms with van der Waals surface area (Å²) in [6.07, 6.45) is -1.84. The molecule has 0 radical (unpaired) electrons. The Morgan fingerprint density at radius 3 is 2.76 bits per heavy atom. The maximum atomic E-state index is 12.5. The molecule has 1 aromatic carbocycles. The van der Waals surface area contributed by atoms with E-state index in [4.69, 9.17) is 4.74 Å². The zero-order valence-electron chi connectivity index (χ0n) is 13.0. The van der Waals surface area contributed by atoms with Crippen LogP contribution in [0.2, 0.25) is 0 Å². The van der Waals surface area contributed by atoms with Crippen LogP contribution in [-0.2, 0) is 17.5 Å². The summed E-state index contributed by atoms with van der Waals surface area (Å²) in [4.78, 5) is 16.3. The third-order valence-electron chi connectivity index (χ3n) is 3.46. The SMILES string of the molecule is COc1ccc(NC(=O)Cn2ccc(C(F)(F)F)n2)c2cccnc12. The molecule has 0 atom stereocenters. The lowest BCUT2D eigenvalue weighted by Gasteiger charge is -2.11. The quantitative estimate of drug-likeness (QED) is 0.785. The summed E-state index contributed by atoms with van der Waals surface area (Å²) < 4.78 is 43.8. The van der Waals surface area contributed by atoms with E-state index < -0.39 is 17.8 Å². The van der Waals surface area contributed by atoms with Crippen LogP contribution in [0.15, 0.2) is 42.7 Å². The van der Waals surface area contributed by atoms with Crippen molar-refractivity contribution in [3.8, 4) is 5.75 Å². The van der Waals surface area contributed by atoms with Crippen molar-refractivity contribution in [3.05, 3.63) is 48.4 Å². The predicted octanol–water partition coefficient (Wildman–Crippen LogP) is 3.10. The smallest absolute Gasteiger partial charge is 0.435 e. The van der Waals surface area contributed by atoms with Crippen molar-refractivity contribution in [2.24, 2.45) is 0 Å². The lowest BCUT2D eigenvalue weighted by molar-refractivity contribution is -0.141. The molecule has 25 heavy (non-hydrogen) atoms. The molecular formula is C16H13F3N4O2. The minimum absolute atomic E-state index is 0.343. The van der Waals surface area contributed by atoms with Crippen molar-refractivity contribution >= 4 is 22.5 Å². The van der Waals surface area contributed by atoms with E-state index >= 15 is 0 Å². The van der Waals surface area contributed by atoms with Crippen LogP contribution in [0.4, 0.5) is 18.9 Å². The van der Waals surface area contributed by atoms with E-state index in [1.54, 1.807) is 30.5 Å². The highest BCUT2D eigenvalue weighted by Gasteiger charge is 2.33. The van der Waals surface area contributed by atoms with E-state index in [2.05, 4.69) is 15.4 Å². The number of benzene rings is 1. The fourth-order valence-corrected chi connectivity index (χ4v) is 2.36. The molecule has 1 N–H and O–H groups in total. The molecule has 9 heteroatoms. The fourth-order valence-electron chi connectivity index (χ4n) is 2.36. The summed E-state index contributed by atoms with van der Waals surface area (Å²) in [5, 5.41) is 6.67. The number of hydrogen-bond acceptors (Lipinski definition) is 4. The van der Waals surface area contributed by atoms with Gasteiger partial charge in [0, 0.05) is 17.8 Å². The first-order valence-corrected chi connectivity index (χ1v) is 7.20. The van der Waals surface area contributed by atoms with Crippen LogP contribution < -0.4 is 10.1 Å². The largest absolute Gasteiger partial charge is 0.494 e. The Morgan fingerprint density at radius 1 is 1.28 bits per heavy atom. The Hall–Kier alpha value is -3.10. The highest BCUT2D eigenvalue weighted by Crippen LogP contribution is 2.30. The number of hydrogen-bond donors (Lipinski definition) is 1. The van der Waals surface area contributed by atoms with E-state index in [1.165, 1.54) is 7.11 Å². The molecule has 3 aromatic rings. The Balaban J connectivity index is 1.80. The standard InChI is InChI=1S/C16H13F3N4O2/c1-25-12-5-4-11(10-3-2-7-20-15(10)12)21-14(24)9-23-8-6-13(22-23)16(17,18)19/h2-8H,9H2,1H3,(H,21,24). The lowest BCUT2D eigenvalue weighted by Crippen LogP contribution is -2.20. The van der Waals surface area contributed by atoms with Gasteiger partial charge >= 0.3 is 6.18 Å². The minimum atomic E-state index is -4.54. The molecule has 0 saturated carbocycles. The van der Waals surface area contributed by atoms with Crippen molar-refractivity contribution < 1.29 is 22.7 Å². The van der Waals surface area contributed by atoms with E-state index in [-0.39, 0.29) is 6.54 Å². The normalized spacial score (nSPS) is 11.5. The second-order valence-electron chi connectivity index (χ2n) is 5.16. The fraction of sp³-hybridized carbons (Fsp3) is 0.188. The van der Waals surface area contributed by atoms with Gasteiger partial charge in [-0.3, -0.25) is 14.5 Å². The lowest BCUT2D eigenvalue weighted by atomic mass is 10.1. The van der Waals surface area contributed by atoms with Gasteiger partial charge in [0.1, 0.15) is 17.8 Å². The predicted molar refractivity (Wildman–Crippen MR) is 84.2 cm³/mol. The summed E-state index contributed by atoms with van der Waals surface area (Å²) >= 11 is 0. The van der Waals surface area contributed by atoms with Crippen LogP contribution in [0.5, 0.6) is 5.75 Å². The highest BCUT2D eigenvalue weighted by molar-refractivity contribution is 6.02. The van der Waals surface area contributed by atoms with Gasteiger partial charge < -0.3 is 10.1 Å². The summed E-state index contributed by atoms with van der Waals surface area (Å²) in [6.45, 7) is -0.343. The number of pyridine rings is 1. The van der Waals surface area contributed by atoms with E-state index in [1.807, 2.05) is 0 Å². The Labute approximate surface area is 140 Å². The van der Waals surface area contributed by atoms with Crippen LogP contribution in [0.1, 0.15) is 5.69 Å². The first kappa shape index (κ1) is 16.7. The monoisotopic (exact) mass is 350 g/mol. The Bertz CT molecular complexity index is 921. The molecule has 2 heterocycles. The highest BCUT2D eigenvalue weighted by atomic mass is 19.4. The molecule has 0 bridgehead atoms. The maximum absolute atomic E-state index is 12.5. The van der Waals surface area contributed by atoms with E-state index in [0.717, 1.165) is 16.9 Å². The topological polar surface area (TPSA) is 69.0 Å². The minimum Gasteiger partial charge on any atom is -0.494 e. The molecule has 0 saturated heterocycles. The van der Waals surface area contributed by atoms with E-state index in [9.17, 15) is 18.0 Å². The van der Waals surface area contributed by atoms with Gasteiger partial charge in [-0.25, -0.2) is 0 Å². The number of nitrogens with one attached hydrogen (secondary N) is 1. The average molecular weight is 350 g/mol. The Kier molecular flexibility index (Phi) is 4.30. The first-order valence-electron chi connectivity index (χ1n) is 7.20. The van der Waals surface area contributed by atoms with Gasteiger partial charge in [-0.2, -0.15) is 18.3 Å². The number of halogens is 3. The van der Waals surface area contributed by atoms with Crippen molar-refractivity contribution in [1.29, 1.82) is 0 Å². The van der Waals surface area contributed by atoms with Gasteiger partial charge in [0.05, 0.1) is 12.8 Å². The number of carbonyl (C=O) groups excluding carboxylic acids is 1. The van der Waals surface area contributed by atoms with Gasteiger partial charge in [-0.05, 0) is 30.3 Å². The van der Waals surface area contributed by atoms with Crippen molar-refractivity contribution in [2.45, 2.75) is 12.7 Å². The van der Waals surface area contributed by atoms with Gasteiger partial charge in [-0.15, -0.1) is 0 Å². The molecule has 130 valence electrons. The number of aromatic nitrogens is 3. The molecule has 2 aromatic heterocycles. The first-order chi connectivity index (χ1) is 11.9. The molecule has 0 fully saturated rings. The van der Waals surface area contributed by atoms with Crippen molar-refractivity contribution in [1.82, 2.24) is 14.8 Å². The van der Waals surface area contributed by atoms with Crippen molar-refractivity contribution in [2.75, 3.05) is 12.4 Å². The molecule has 0 aliphatic heterocycles. The van der Waals surface area contributed by atoms with Crippen LogP contribution in [-0.4, -0.2) is 27.8 Å². The zero-order chi connectivity index (χ0) is 18.0. The number of rotatable bonds is 4. The summed E-state index contributed by atoms with van der Waals surface area (Å²) in [5.41, 5.74) is 0.0118. The molecule has 0 unspecified atom stereocenters. The molecule has 0 aliphatic carbocycles. The number of nitrogens with zero attached hydrogens (tertiary/aromatic N) is 3. The number of anilines is 1. The number of carbonyl (C=O) groups is 1. The van der Waals surface area contributed by atoms with Crippen LogP contribution >= 0.6 is 0 Å². The molecule has 0 aliphatic rings. The number of fused-ring (bicyclic) bond motifs is 1. The molecule has 3 rings (SSSR count). The van der Waals surface area contributed by atoms with Crippen molar-refractivity contribution in [3.63, 3.8) is 0 Å². The van der Waals surface area contributed by atoms with Crippen LogP contribution in [0.25, 0.3) is 10.9 Å². The Morgan fingerprint density at radius 2 is 2.08 bits per heavy atom. The van der Waals surface area contributed by atoms with Crippen LogP contribution in [0, 0.1) is 0 Å². The van der Waals surface area contributed by atoms with Gasteiger partial charge in [0.15, 0.2) is 5.69 Å². The molecule has 0 spiro atoms. The summed E-state index contributed by atoms with van der Waals surface area (Å²) in [5.74, 6) is 0.0441. The summed E-state index contributed by atoms with van der Waals surface area (Å²) in [7, 11) is 1.51. The van der Waals surface area contributed by atoms with Gasteiger partial charge in [0.2, 0.25) is 5.91 Å². The molecule has 6 nitrogen and oxygen atoms in total. The second kappa shape index (κ2) is 6.42. The van der Waals surface area contributed by atoms with Crippen LogP contribution in [0.3, 0.4) is 0 Å². The third-order valence-corrected chi connectivity index (χ3v) is 3.46. The molecule has 1 amide bonds. The zero-order valence-corrected chi connectivity index (χ0v) is 13.0. The maximum Gasteiger partial charge on any atom is 0.435 e. The van der Waals surface area contributed by atoms with Gasteiger partial charge in [0.25, 0.3) is 0 Å². The number of amides is 1.